The number of carbonyl (C=O) groups is 6. The number of carbonyl (C=O) groups excluding carboxylic acids is 6. The first-order valence-corrected chi connectivity index (χ1v) is 32.6. The number of nitrogens with two attached hydrogens (primary N) is 2. The van der Waals surface area contributed by atoms with Crippen LogP contribution in [0.2, 0.25) is 20.2 Å². The van der Waals surface area contributed by atoms with E-state index in [4.69, 9.17) is 62.6 Å². The third kappa shape index (κ3) is 25.7. The Morgan fingerprint density at radius 2 is 0.812 bits per heavy atom. The number of nitrogens with zero attached hydrogens (tertiary/aromatic N) is 9. The van der Waals surface area contributed by atoms with E-state index in [2.05, 4.69) is 86.8 Å². The smallest absolute Gasteiger partial charge is 0.307 e. The molecule has 34 heteroatoms. The summed E-state index contributed by atoms with van der Waals surface area (Å²) in [6.07, 6.45) is 5.92. The molecule has 12 N–H and O–H groups in total. The molecule has 9 rings (SSSR count). The van der Waals surface area contributed by atoms with E-state index < -0.39 is 5.91 Å². The first kappa shape index (κ1) is 77.9. The van der Waals surface area contributed by atoms with Crippen molar-refractivity contribution in [1.82, 2.24) is 50.3 Å². The summed E-state index contributed by atoms with van der Waals surface area (Å²) < 4.78 is 8.89. The van der Waals surface area contributed by atoms with Crippen LogP contribution in [0.4, 0.5) is 44.5 Å². The SMILES string of the molecule is COC(=O)CCN.COC(=O)CCNc1cc(Nc2ncc(C(=O)Cc3c(C)cccc3Cl)s2)nc(C)n1.Cc1nc(Cl)cc(Nc2ncc(C(=O)Cc3c(C)cccc3Cl)s2)n1.Cc1nc(NCCC(=O)NO)cc(Nc2ncc(C(=O)Cc3c(C)cccc3Cl)s2)n1.NO. The van der Waals surface area contributed by atoms with Crippen LogP contribution in [0, 0.1) is 41.5 Å². The van der Waals surface area contributed by atoms with Crippen molar-refractivity contribution in [3.8, 4) is 0 Å². The standard InChI is InChI=1S/C21H22ClN5O3S.C20H21ClN6O3S.C17H14Cl2N4OS.C4H9NO2.H3NO/c1-12-5-4-6-15(22)14(12)9-16(28)17-11-24-21(31-17)27-19-10-18(25-13(2)26-19)23-8-7-20(29)30-3;1-11-4-3-5-14(21)13(11)8-15(28)16-10-23-20(31-16)26-18-9-17(24-12(2)25-18)22-7-6-19(29)27-30;1-9-4-3-5-12(18)11(9)6-13(24)14-8-20-17(25-14)23-16-7-15(19)21-10(2)22-16;1-7-4(6)2-3-5;1-2/h4-6,10-11H,7-9H2,1-3H3,(H2,23,24,25,26,27);3-5,9-10,30H,6-8H2,1-2H3,(H,27,29)(H2,22,23,24,25,26);3-5,7-8H,6H2,1-2H3,(H,20,21,22,23);2-3,5H2,1H3;2H,1H2. The van der Waals surface area contributed by atoms with Gasteiger partial charge in [0.1, 0.15) is 51.7 Å². The molecule has 3 aromatic carbocycles. The number of hydroxylamine groups is 1. The molecule has 0 saturated heterocycles. The van der Waals surface area contributed by atoms with E-state index in [1.165, 1.54) is 54.4 Å². The Labute approximate surface area is 584 Å². The van der Waals surface area contributed by atoms with Crippen molar-refractivity contribution in [3.63, 3.8) is 0 Å². The average Bonchev–Trinajstić information content (AvgIpc) is 1.92. The summed E-state index contributed by atoms with van der Waals surface area (Å²) in [7, 11) is 2.69. The van der Waals surface area contributed by atoms with E-state index in [0.717, 1.165) is 33.4 Å². The number of halogens is 4. The molecule has 0 aliphatic rings. The molecule has 0 atom stereocenters. The number of methoxy groups -OCH3 is 2. The van der Waals surface area contributed by atoms with Crippen LogP contribution in [0.25, 0.3) is 0 Å². The minimum Gasteiger partial charge on any atom is -0.469 e. The predicted molar refractivity (Wildman–Crippen MR) is 374 cm³/mol. The second kappa shape index (κ2) is 39.9. The van der Waals surface area contributed by atoms with Crippen LogP contribution in [-0.2, 0) is 43.1 Å². The van der Waals surface area contributed by atoms with Crippen molar-refractivity contribution in [1.29, 1.82) is 0 Å². The summed E-state index contributed by atoms with van der Waals surface area (Å²) >= 11 is 28.3. The molecule has 96 heavy (non-hydrogen) atoms. The van der Waals surface area contributed by atoms with E-state index >= 15 is 0 Å². The van der Waals surface area contributed by atoms with Gasteiger partial charge in [-0.25, -0.2) is 56.2 Å². The van der Waals surface area contributed by atoms with Gasteiger partial charge in [-0.15, -0.1) is 0 Å². The molecule has 27 nitrogen and oxygen atoms in total. The molecule has 0 bridgehead atoms. The number of aryl methyl sites for hydroxylation is 6. The number of benzene rings is 3. The van der Waals surface area contributed by atoms with E-state index in [1.54, 1.807) is 75.0 Å². The zero-order valence-corrected chi connectivity index (χ0v) is 58.6. The van der Waals surface area contributed by atoms with Gasteiger partial charge < -0.3 is 47.0 Å². The monoisotopic (exact) mass is 1450 g/mol. The normalized spacial score (nSPS) is 10.3. The van der Waals surface area contributed by atoms with Crippen molar-refractivity contribution in [3.05, 3.63) is 177 Å². The number of hydrogen-bond acceptors (Lipinski definition) is 29. The Hall–Kier alpha value is -8.79. The third-order valence-electron chi connectivity index (χ3n) is 12.8. The lowest BCUT2D eigenvalue weighted by atomic mass is 10.0. The molecular weight excluding hydrogens is 1380 g/mol. The van der Waals surface area contributed by atoms with Crippen LogP contribution in [0.15, 0.2) is 91.4 Å². The summed E-state index contributed by atoms with van der Waals surface area (Å²) in [5.74, 6) is 6.58. The molecule has 0 saturated carbocycles. The van der Waals surface area contributed by atoms with E-state index in [-0.39, 0.29) is 61.4 Å². The number of nitrogens with one attached hydrogen (secondary N) is 6. The van der Waals surface area contributed by atoms with Crippen LogP contribution in [0.5, 0.6) is 0 Å². The zero-order valence-electron chi connectivity index (χ0n) is 53.1. The molecule has 0 radical (unpaired) electrons. The highest BCUT2D eigenvalue weighted by Gasteiger charge is 2.19. The Morgan fingerprint density at radius 1 is 0.479 bits per heavy atom. The van der Waals surface area contributed by atoms with Gasteiger partial charge in [0.2, 0.25) is 5.91 Å². The number of Topliss-reactive ketones (excluding diaryl/α,β-unsaturated/α-hetero) is 3. The molecule has 6 aromatic heterocycles. The molecule has 1 amide bonds. The van der Waals surface area contributed by atoms with Crippen LogP contribution >= 0.6 is 80.4 Å². The van der Waals surface area contributed by atoms with Gasteiger partial charge in [0.15, 0.2) is 32.7 Å². The number of esters is 2. The second-order valence-electron chi connectivity index (χ2n) is 19.9. The fraction of sp³-hybridized carbons (Fsp3) is 0.274. The molecule has 0 spiro atoms. The van der Waals surface area contributed by atoms with Crippen LogP contribution < -0.4 is 43.7 Å². The molecule has 0 aliphatic heterocycles. The third-order valence-corrected chi connectivity index (χ3v) is 16.9. The number of ether oxygens (including phenoxy) is 2. The van der Waals surface area contributed by atoms with Gasteiger partial charge in [0.05, 0.1) is 60.3 Å². The number of hydrogen-bond donors (Lipinski definition) is 10. The highest BCUT2D eigenvalue weighted by atomic mass is 35.5. The number of anilines is 8. The molecule has 508 valence electrons. The number of amides is 1. The van der Waals surface area contributed by atoms with E-state index in [9.17, 15) is 28.8 Å². The van der Waals surface area contributed by atoms with Crippen molar-refractivity contribution in [2.24, 2.45) is 11.6 Å². The Bertz CT molecular complexity index is 3870. The lowest BCUT2D eigenvalue weighted by Crippen LogP contribution is -2.21. The molecule has 0 aliphatic carbocycles. The maximum Gasteiger partial charge on any atom is 0.307 e. The zero-order chi connectivity index (χ0) is 70.4. The maximum absolute atomic E-state index is 12.7. The molecule has 0 fully saturated rings. The maximum atomic E-state index is 12.7. The summed E-state index contributed by atoms with van der Waals surface area (Å²) in [6.45, 7) is 12.1. The van der Waals surface area contributed by atoms with Crippen molar-refractivity contribution >= 4 is 160 Å². The Balaban J connectivity index is 0.000000246. The average molecular weight is 1450 g/mol. The van der Waals surface area contributed by atoms with Crippen molar-refractivity contribution in [2.75, 3.05) is 60.4 Å². The van der Waals surface area contributed by atoms with Crippen LogP contribution in [0.3, 0.4) is 0 Å². The number of aromatic nitrogens is 9. The van der Waals surface area contributed by atoms with E-state index in [1.807, 2.05) is 57.2 Å². The molecule has 6 heterocycles. The molecular formula is C62H69Cl4N17O10S3. The fourth-order valence-electron chi connectivity index (χ4n) is 8.14. The largest absolute Gasteiger partial charge is 0.469 e. The topological polar surface area (TPSA) is 402 Å². The van der Waals surface area contributed by atoms with Crippen LogP contribution in [-0.4, -0.2) is 124 Å². The van der Waals surface area contributed by atoms with Gasteiger partial charge in [0, 0.05) is 78.6 Å². The minimum absolute atomic E-state index is 0.0290. The summed E-state index contributed by atoms with van der Waals surface area (Å²) in [5, 5.41) is 34.0. The quantitative estimate of drug-likeness (QED) is 0.00835. The van der Waals surface area contributed by atoms with Gasteiger partial charge in [0.25, 0.3) is 0 Å². The highest BCUT2D eigenvalue weighted by molar-refractivity contribution is 7.18. The summed E-state index contributed by atoms with van der Waals surface area (Å²) in [6, 6.07) is 21.7. The fourth-order valence-corrected chi connectivity index (χ4v) is 11.5. The first-order valence-electron chi connectivity index (χ1n) is 28.7. The summed E-state index contributed by atoms with van der Waals surface area (Å²) in [4.78, 5) is 110. The van der Waals surface area contributed by atoms with Gasteiger partial charge in [-0.05, 0) is 93.1 Å². The van der Waals surface area contributed by atoms with E-state index in [0.29, 0.717) is 123 Å². The predicted octanol–water partition coefficient (Wildman–Crippen LogP) is 11.9. The van der Waals surface area contributed by atoms with Gasteiger partial charge in [-0.3, -0.25) is 34.0 Å². The van der Waals surface area contributed by atoms with Crippen LogP contribution in [0.1, 0.15) is 99.1 Å². The van der Waals surface area contributed by atoms with Crippen molar-refractivity contribution in [2.45, 2.75) is 80.1 Å². The second-order valence-corrected chi connectivity index (χ2v) is 24.6. The minimum atomic E-state index is -0.497. The lowest BCUT2D eigenvalue weighted by molar-refractivity contribution is -0.141. The van der Waals surface area contributed by atoms with Gasteiger partial charge in [-0.1, -0.05) is 117 Å². The van der Waals surface area contributed by atoms with Crippen molar-refractivity contribution < 1.29 is 48.7 Å². The molecule has 0 unspecified atom stereocenters. The van der Waals surface area contributed by atoms with Gasteiger partial charge >= 0.3 is 11.9 Å². The lowest BCUT2D eigenvalue weighted by Gasteiger charge is -2.08. The Morgan fingerprint density at radius 3 is 1.14 bits per heavy atom. The summed E-state index contributed by atoms with van der Waals surface area (Å²) in [5.41, 5.74) is 12.0. The molecule has 9 aromatic rings. The number of ketones is 3. The van der Waals surface area contributed by atoms with Gasteiger partial charge in [-0.2, -0.15) is 0 Å². The number of rotatable bonds is 25. The Kier molecular flexibility index (Phi) is 32.4. The highest BCUT2D eigenvalue weighted by Crippen LogP contribution is 2.30. The number of thiazole rings is 3. The first-order chi connectivity index (χ1) is 45.9.